The number of ether oxygens (including phenoxy) is 6. The van der Waals surface area contributed by atoms with E-state index in [9.17, 15) is 34.2 Å². The van der Waals surface area contributed by atoms with Crippen molar-refractivity contribution in [2.24, 2.45) is 35.5 Å². The van der Waals surface area contributed by atoms with E-state index < -0.39 is 18.0 Å². The molecule has 0 bridgehead atoms. The van der Waals surface area contributed by atoms with Crippen molar-refractivity contribution in [2.45, 2.75) is 182 Å². The second-order valence-electron chi connectivity index (χ2n) is 21.1. The first kappa shape index (κ1) is 64.7. The van der Waals surface area contributed by atoms with Crippen LogP contribution in [0.2, 0.25) is 0 Å². The molecule has 0 aromatic heterocycles. The predicted molar refractivity (Wildman–Crippen MR) is 299 cm³/mol. The highest BCUT2D eigenvalue weighted by molar-refractivity contribution is 5.71. The molecule has 78 heavy (non-hydrogen) atoms. The largest absolute Gasteiger partial charge is 0.482 e. The van der Waals surface area contributed by atoms with Gasteiger partial charge in [0.2, 0.25) is 0 Å². The van der Waals surface area contributed by atoms with Crippen molar-refractivity contribution in [3.63, 3.8) is 0 Å². The number of carboxylic acid groups (broad SMARTS) is 1. The lowest BCUT2D eigenvalue weighted by molar-refractivity contribution is -0.147. The summed E-state index contributed by atoms with van der Waals surface area (Å²) in [6, 6.07) is 21.5. The van der Waals surface area contributed by atoms with Crippen LogP contribution in [0.1, 0.15) is 153 Å². The molecule has 434 valence electrons. The van der Waals surface area contributed by atoms with Gasteiger partial charge in [0.25, 0.3) is 0 Å². The minimum Gasteiger partial charge on any atom is -0.482 e. The number of carboxylic acids is 1. The Morgan fingerprint density at radius 2 is 1.08 bits per heavy atom. The Morgan fingerprint density at radius 3 is 1.49 bits per heavy atom. The third-order valence-corrected chi connectivity index (χ3v) is 15.8. The number of unbranched alkanes of at least 4 members (excludes halogenated alkanes) is 4. The molecule has 0 unspecified atom stereocenters. The van der Waals surface area contributed by atoms with E-state index in [1.165, 1.54) is 18.1 Å². The van der Waals surface area contributed by atoms with Gasteiger partial charge >= 0.3 is 30.1 Å². The maximum atomic E-state index is 12.3. The molecule has 3 aromatic carbocycles. The number of benzene rings is 3. The first-order valence-electron chi connectivity index (χ1n) is 28.3. The number of carbonyl (C=O) groups is 5. The Morgan fingerprint density at radius 1 is 0.603 bits per heavy atom. The lowest BCUT2D eigenvalue weighted by atomic mass is 9.73. The molecule has 2 saturated carbocycles. The number of rotatable bonds is 25. The van der Waals surface area contributed by atoms with Crippen molar-refractivity contribution < 1.29 is 67.7 Å². The Balaban J connectivity index is 0.000000305. The molecule has 4 aliphatic rings. The lowest BCUT2D eigenvalue weighted by Gasteiger charge is -2.32. The summed E-state index contributed by atoms with van der Waals surface area (Å²) in [5.41, 5.74) is 5.59. The summed E-state index contributed by atoms with van der Waals surface area (Å²) in [5.74, 6) is 1.64. The van der Waals surface area contributed by atoms with Crippen molar-refractivity contribution >= 4 is 30.1 Å². The highest BCUT2D eigenvalue weighted by atomic mass is 16.6. The van der Waals surface area contributed by atoms with E-state index in [4.69, 9.17) is 28.8 Å². The first-order valence-corrected chi connectivity index (χ1v) is 28.3. The number of aliphatic hydroxyl groups is 2. The number of hydrogen-bond acceptors (Lipinski definition) is 13. The van der Waals surface area contributed by atoms with Crippen molar-refractivity contribution in [3.05, 3.63) is 94.5 Å². The molecule has 16 heteroatoms. The fraction of sp³-hybridized carbons (Fsp3) is 0.629. The van der Waals surface area contributed by atoms with Crippen molar-refractivity contribution in [1.82, 2.24) is 10.6 Å². The zero-order valence-electron chi connectivity index (χ0n) is 46.5. The van der Waals surface area contributed by atoms with Crippen LogP contribution < -0.4 is 20.1 Å². The smallest absolute Gasteiger partial charge is 0.407 e. The molecule has 0 spiro atoms. The molecule has 2 amide bonds. The molecule has 16 nitrogen and oxygen atoms in total. The second-order valence-corrected chi connectivity index (χ2v) is 21.1. The molecular weight excluding hydrogens is 997 g/mol. The molecule has 5 N–H and O–H groups in total. The summed E-state index contributed by atoms with van der Waals surface area (Å²) < 4.78 is 32.5. The van der Waals surface area contributed by atoms with E-state index in [-0.39, 0.29) is 75.6 Å². The van der Waals surface area contributed by atoms with Gasteiger partial charge in [-0.1, -0.05) is 102 Å². The normalized spacial score (nSPS) is 21.9. The molecule has 7 rings (SSSR count). The van der Waals surface area contributed by atoms with Crippen LogP contribution in [-0.2, 0) is 65.6 Å². The SMILES string of the molecule is C.CCCCC[C@@H](CC[C@@H]1[C@H]2Cc3cccc(OCC(=O)O)c3C[C@H]2C[C@H]1O)OC(=O)NC.CCCCC[C@@H](CC[C@@H]1[C@H]2Cc3cccc(OCC(=O)OCc4ccccc4)c3C[C@H]2C[C@H]1O)OC(=O)NC.CCOC(C)=O. The van der Waals surface area contributed by atoms with Crippen LogP contribution >= 0.6 is 0 Å². The van der Waals surface area contributed by atoms with Crippen LogP contribution in [-0.4, -0.2) is 104 Å². The molecule has 0 saturated heterocycles. The predicted octanol–water partition coefficient (Wildman–Crippen LogP) is 10.8. The van der Waals surface area contributed by atoms with Crippen molar-refractivity contribution in [1.29, 1.82) is 0 Å². The Labute approximate surface area is 464 Å². The van der Waals surface area contributed by atoms with Gasteiger partial charge in [-0.3, -0.25) is 4.79 Å². The summed E-state index contributed by atoms with van der Waals surface area (Å²) in [6.45, 7) is 7.72. The molecule has 0 heterocycles. The van der Waals surface area contributed by atoms with Crippen molar-refractivity contribution in [2.75, 3.05) is 33.9 Å². The maximum absolute atomic E-state index is 12.3. The Kier molecular flexibility index (Phi) is 28.4. The monoisotopic (exact) mass is 1090 g/mol. The van der Waals surface area contributed by atoms with Crippen LogP contribution in [0.4, 0.5) is 9.59 Å². The number of fused-ring (bicyclic) bond motifs is 4. The van der Waals surface area contributed by atoms with Gasteiger partial charge in [-0.15, -0.1) is 0 Å². The van der Waals surface area contributed by atoms with E-state index in [2.05, 4.69) is 41.4 Å². The van der Waals surface area contributed by atoms with Crippen molar-refractivity contribution in [3.8, 4) is 11.5 Å². The van der Waals surface area contributed by atoms with Gasteiger partial charge in [0.05, 0.1) is 18.8 Å². The first-order chi connectivity index (χ1) is 37.2. The summed E-state index contributed by atoms with van der Waals surface area (Å²) in [4.78, 5) is 56.7. The van der Waals surface area contributed by atoms with Gasteiger partial charge in [-0.25, -0.2) is 19.2 Å². The number of aliphatic hydroxyl groups excluding tert-OH is 2. The molecule has 3 aromatic rings. The van der Waals surface area contributed by atoms with Gasteiger partial charge in [0.1, 0.15) is 30.3 Å². The number of esters is 2. The zero-order valence-corrected chi connectivity index (χ0v) is 46.5. The van der Waals surface area contributed by atoms with E-state index in [1.54, 1.807) is 21.0 Å². The lowest BCUT2D eigenvalue weighted by Crippen LogP contribution is -2.30. The summed E-state index contributed by atoms with van der Waals surface area (Å²) >= 11 is 0. The fourth-order valence-corrected chi connectivity index (χ4v) is 12.1. The van der Waals surface area contributed by atoms with Gasteiger partial charge < -0.3 is 54.4 Å². The number of carbonyl (C=O) groups excluding carboxylic acids is 4. The van der Waals surface area contributed by atoms with Gasteiger partial charge in [0, 0.05) is 21.0 Å². The molecular formula is C62H92N2O14. The molecule has 4 aliphatic carbocycles. The number of alkyl carbamates (subject to hydrolysis) is 2. The van der Waals surface area contributed by atoms with E-state index >= 15 is 0 Å². The number of amides is 2. The van der Waals surface area contributed by atoms with E-state index in [0.29, 0.717) is 36.0 Å². The molecule has 2 fully saturated rings. The number of nitrogens with one attached hydrogen (secondary N) is 2. The minimum absolute atomic E-state index is 0. The topological polar surface area (TPSA) is 225 Å². The van der Waals surface area contributed by atoms with Crippen LogP contribution in [0.15, 0.2) is 66.7 Å². The standard InChI is InChI=1S/C32H43NO6.C25H37NO6.C4H8O2.CH4/c1-3-4-6-13-25(39-32(36)33-2)15-16-26-27-17-23-12-9-14-30(28(23)18-24(27)19-29(26)34)37-21-31(35)38-20-22-10-7-5-8-11-22;1-3-4-5-8-18(32-25(30)26-2)10-11-19-20-12-16-7-6-9-23(31-15-24(28)29)21(16)13-17(20)14-22(19)27;1-3-6-4(2)5;/h5,7-12,14,24-27,29,34H,3-4,6,13,15-21H2,1-2H3,(H,33,36);6-7,9,17-20,22,27H,3-5,8,10-15H2,1-2H3,(H,26,30)(H,28,29);3H2,1-2H3;1H4/t24-,25-,26+,27-,29+;17-,18-,19+,20-,22+;;/m00../s1. The molecule has 10 atom stereocenters. The number of aliphatic carboxylic acids is 1. The quantitative estimate of drug-likeness (QED) is 0.0302. The highest BCUT2D eigenvalue weighted by Crippen LogP contribution is 2.50. The average molecular weight is 1090 g/mol. The van der Waals surface area contributed by atoms with E-state index in [1.807, 2.05) is 54.6 Å². The molecule has 0 aliphatic heterocycles. The summed E-state index contributed by atoms with van der Waals surface area (Å²) in [7, 11) is 3.16. The van der Waals surface area contributed by atoms with Gasteiger partial charge in [-0.2, -0.15) is 0 Å². The Hall–Kier alpha value is -5.87. The maximum Gasteiger partial charge on any atom is 0.407 e. The van der Waals surface area contributed by atoms with E-state index in [0.717, 1.165) is 138 Å². The Bertz CT molecular complexity index is 2290. The van der Waals surface area contributed by atoms with Crippen LogP contribution in [0.25, 0.3) is 0 Å². The van der Waals surface area contributed by atoms with Crippen LogP contribution in [0.3, 0.4) is 0 Å². The number of hydrogen-bond donors (Lipinski definition) is 5. The van der Waals surface area contributed by atoms with Gasteiger partial charge in [-0.05, 0) is 172 Å². The zero-order chi connectivity index (χ0) is 55.7. The summed E-state index contributed by atoms with van der Waals surface area (Å²) in [5, 5.41) is 36.0. The molecule has 0 radical (unpaired) electrons. The third-order valence-electron chi connectivity index (χ3n) is 15.8. The second kappa shape index (κ2) is 34.2. The third kappa shape index (κ3) is 20.4. The van der Waals surface area contributed by atoms with Crippen LogP contribution in [0, 0.1) is 35.5 Å². The highest BCUT2D eigenvalue weighted by Gasteiger charge is 2.46. The van der Waals surface area contributed by atoms with Gasteiger partial charge in [0.15, 0.2) is 13.2 Å². The average Bonchev–Trinajstić information content (AvgIpc) is 3.90. The summed E-state index contributed by atoms with van der Waals surface area (Å²) in [6.07, 6.45) is 14.6. The van der Waals surface area contributed by atoms with Crippen LogP contribution in [0.5, 0.6) is 11.5 Å². The fourth-order valence-electron chi connectivity index (χ4n) is 12.1. The minimum atomic E-state index is -0.986.